The molecule has 1 saturated carbocycles. The molecule has 0 unspecified atom stereocenters. The average Bonchev–Trinajstić information content (AvgIpc) is 3.20. The highest BCUT2D eigenvalue weighted by atomic mass is 16.3. The Kier molecular flexibility index (Phi) is 4.08. The maximum atomic E-state index is 12.5. The molecule has 1 aromatic heterocycles. The first-order chi connectivity index (χ1) is 9.72. The van der Waals surface area contributed by atoms with Crippen LogP contribution in [0.15, 0.2) is 16.5 Å². The molecule has 0 aromatic carbocycles. The zero-order valence-corrected chi connectivity index (χ0v) is 12.1. The first-order valence-electron chi connectivity index (χ1n) is 7.50. The van der Waals surface area contributed by atoms with Gasteiger partial charge in [-0.3, -0.25) is 9.69 Å². The van der Waals surface area contributed by atoms with Crippen molar-refractivity contribution in [1.29, 1.82) is 0 Å². The third-order valence-corrected chi connectivity index (χ3v) is 4.00. The van der Waals surface area contributed by atoms with Crippen molar-refractivity contribution in [2.75, 3.05) is 32.7 Å². The first kappa shape index (κ1) is 13.6. The second kappa shape index (κ2) is 5.97. The summed E-state index contributed by atoms with van der Waals surface area (Å²) < 4.78 is 5.61. The van der Waals surface area contributed by atoms with Gasteiger partial charge in [0.25, 0.3) is 0 Å². The Labute approximate surface area is 119 Å². The monoisotopic (exact) mass is 277 g/mol. The number of amides is 1. The van der Waals surface area contributed by atoms with Gasteiger partial charge in [0.15, 0.2) is 0 Å². The van der Waals surface area contributed by atoms with Gasteiger partial charge in [0.2, 0.25) is 5.91 Å². The summed E-state index contributed by atoms with van der Waals surface area (Å²) in [6.45, 7) is 6.98. The van der Waals surface area contributed by atoms with Crippen LogP contribution >= 0.6 is 0 Å². The van der Waals surface area contributed by atoms with E-state index in [4.69, 9.17) is 4.42 Å². The van der Waals surface area contributed by atoms with Crippen LogP contribution in [-0.4, -0.2) is 54.5 Å². The first-order valence-corrected chi connectivity index (χ1v) is 7.50. The van der Waals surface area contributed by atoms with E-state index < -0.39 is 0 Å². The molecule has 1 N–H and O–H groups in total. The van der Waals surface area contributed by atoms with Crippen LogP contribution in [0.3, 0.4) is 0 Å². The Balaban J connectivity index is 1.59. The van der Waals surface area contributed by atoms with Gasteiger partial charge in [0.05, 0.1) is 13.1 Å². The molecule has 1 aliphatic heterocycles. The van der Waals surface area contributed by atoms with E-state index in [1.807, 2.05) is 24.0 Å². The van der Waals surface area contributed by atoms with E-state index in [-0.39, 0.29) is 5.91 Å². The summed E-state index contributed by atoms with van der Waals surface area (Å²) in [4.78, 5) is 16.8. The summed E-state index contributed by atoms with van der Waals surface area (Å²) in [6, 6.07) is 4.36. The average molecular weight is 277 g/mol. The number of hydrogen-bond donors (Lipinski definition) is 1. The molecular formula is C15H23N3O2. The minimum absolute atomic E-state index is 0.239. The van der Waals surface area contributed by atoms with Gasteiger partial charge in [-0.1, -0.05) is 0 Å². The number of nitrogens with one attached hydrogen (secondary N) is 1. The topological polar surface area (TPSA) is 48.7 Å². The van der Waals surface area contributed by atoms with Crippen molar-refractivity contribution in [2.45, 2.75) is 32.4 Å². The Bertz CT molecular complexity index is 461. The molecule has 0 bridgehead atoms. The van der Waals surface area contributed by atoms with Crippen LogP contribution in [0, 0.1) is 6.92 Å². The van der Waals surface area contributed by atoms with Crippen molar-refractivity contribution in [2.24, 2.45) is 0 Å². The van der Waals surface area contributed by atoms with Crippen molar-refractivity contribution in [3.05, 3.63) is 23.7 Å². The largest absolute Gasteiger partial charge is 0.464 e. The second-order valence-electron chi connectivity index (χ2n) is 5.79. The molecule has 5 heteroatoms. The fourth-order valence-electron chi connectivity index (χ4n) is 2.70. The zero-order chi connectivity index (χ0) is 13.9. The number of carbonyl (C=O) groups is 1. The predicted molar refractivity (Wildman–Crippen MR) is 76.3 cm³/mol. The lowest BCUT2D eigenvalue weighted by Gasteiger charge is -2.29. The van der Waals surface area contributed by atoms with Gasteiger partial charge >= 0.3 is 0 Å². The summed E-state index contributed by atoms with van der Waals surface area (Å²) in [6.07, 6.45) is 2.26. The Morgan fingerprint density at radius 2 is 2.15 bits per heavy atom. The molecule has 1 amide bonds. The molecule has 20 heavy (non-hydrogen) atoms. The molecule has 2 fully saturated rings. The van der Waals surface area contributed by atoms with E-state index in [9.17, 15) is 4.79 Å². The summed E-state index contributed by atoms with van der Waals surface area (Å²) in [5.74, 6) is 2.04. The van der Waals surface area contributed by atoms with E-state index in [1.165, 1.54) is 0 Å². The standard InChI is InChI=1S/C15H23N3O2/c1-12-2-5-14(20-12)10-18(13-3-4-13)15(19)11-17-8-6-16-7-9-17/h2,5,13,16H,3-4,6-11H2,1H3. The molecular weight excluding hydrogens is 254 g/mol. The Hall–Kier alpha value is -1.33. The van der Waals surface area contributed by atoms with E-state index in [0.717, 1.165) is 50.5 Å². The highest BCUT2D eigenvalue weighted by molar-refractivity contribution is 5.79. The van der Waals surface area contributed by atoms with E-state index >= 15 is 0 Å². The van der Waals surface area contributed by atoms with Crippen LogP contribution in [0.4, 0.5) is 0 Å². The maximum Gasteiger partial charge on any atom is 0.237 e. The van der Waals surface area contributed by atoms with Gasteiger partial charge in [-0.15, -0.1) is 0 Å². The van der Waals surface area contributed by atoms with Gasteiger partial charge in [0, 0.05) is 32.2 Å². The lowest BCUT2D eigenvalue weighted by Crippen LogP contribution is -2.48. The molecule has 2 aliphatic rings. The number of furan rings is 1. The lowest BCUT2D eigenvalue weighted by molar-refractivity contribution is -0.134. The summed E-state index contributed by atoms with van der Waals surface area (Å²) in [5, 5.41) is 3.31. The van der Waals surface area contributed by atoms with E-state index in [2.05, 4.69) is 10.2 Å². The fraction of sp³-hybridized carbons (Fsp3) is 0.667. The zero-order valence-electron chi connectivity index (χ0n) is 12.1. The Morgan fingerprint density at radius 1 is 1.40 bits per heavy atom. The van der Waals surface area contributed by atoms with Crippen LogP contribution < -0.4 is 5.32 Å². The van der Waals surface area contributed by atoms with Crippen LogP contribution in [0.2, 0.25) is 0 Å². The smallest absolute Gasteiger partial charge is 0.237 e. The van der Waals surface area contributed by atoms with Crippen molar-refractivity contribution in [3.8, 4) is 0 Å². The van der Waals surface area contributed by atoms with Crippen LogP contribution in [0.1, 0.15) is 24.4 Å². The fourth-order valence-corrected chi connectivity index (χ4v) is 2.70. The quantitative estimate of drug-likeness (QED) is 0.872. The van der Waals surface area contributed by atoms with Crippen molar-refractivity contribution < 1.29 is 9.21 Å². The number of aryl methyl sites for hydroxylation is 1. The Morgan fingerprint density at radius 3 is 2.75 bits per heavy atom. The maximum absolute atomic E-state index is 12.5. The molecule has 1 aromatic rings. The SMILES string of the molecule is Cc1ccc(CN(C(=O)CN2CCNCC2)C2CC2)o1. The van der Waals surface area contributed by atoms with Gasteiger partial charge in [-0.05, 0) is 31.9 Å². The second-order valence-corrected chi connectivity index (χ2v) is 5.79. The number of rotatable bonds is 5. The molecule has 110 valence electrons. The van der Waals surface area contributed by atoms with Crippen molar-refractivity contribution in [1.82, 2.24) is 15.1 Å². The van der Waals surface area contributed by atoms with Gasteiger partial charge in [-0.2, -0.15) is 0 Å². The van der Waals surface area contributed by atoms with Crippen molar-refractivity contribution in [3.63, 3.8) is 0 Å². The minimum Gasteiger partial charge on any atom is -0.464 e. The number of piperazine rings is 1. The molecule has 2 heterocycles. The summed E-state index contributed by atoms with van der Waals surface area (Å²) in [7, 11) is 0. The normalized spacial score (nSPS) is 20.1. The van der Waals surface area contributed by atoms with Crippen LogP contribution in [0.25, 0.3) is 0 Å². The van der Waals surface area contributed by atoms with Crippen molar-refractivity contribution >= 4 is 5.91 Å². The number of hydrogen-bond acceptors (Lipinski definition) is 4. The lowest BCUT2D eigenvalue weighted by atomic mass is 10.3. The minimum atomic E-state index is 0.239. The van der Waals surface area contributed by atoms with E-state index in [0.29, 0.717) is 19.1 Å². The molecule has 1 aliphatic carbocycles. The highest BCUT2D eigenvalue weighted by Crippen LogP contribution is 2.29. The van der Waals surface area contributed by atoms with E-state index in [1.54, 1.807) is 0 Å². The molecule has 0 atom stereocenters. The molecule has 0 spiro atoms. The summed E-state index contributed by atoms with van der Waals surface area (Å²) in [5.41, 5.74) is 0. The van der Waals surface area contributed by atoms with Crippen LogP contribution in [-0.2, 0) is 11.3 Å². The third-order valence-electron chi connectivity index (χ3n) is 4.00. The molecule has 3 rings (SSSR count). The molecule has 0 radical (unpaired) electrons. The van der Waals surface area contributed by atoms with Gasteiger partial charge < -0.3 is 14.6 Å². The van der Waals surface area contributed by atoms with Gasteiger partial charge in [-0.25, -0.2) is 0 Å². The molecule has 5 nitrogen and oxygen atoms in total. The summed E-state index contributed by atoms with van der Waals surface area (Å²) >= 11 is 0. The number of carbonyl (C=O) groups excluding carboxylic acids is 1. The van der Waals surface area contributed by atoms with Gasteiger partial charge in [0.1, 0.15) is 11.5 Å². The van der Waals surface area contributed by atoms with Crippen LogP contribution in [0.5, 0.6) is 0 Å². The highest BCUT2D eigenvalue weighted by Gasteiger charge is 2.33. The third kappa shape index (κ3) is 3.41. The molecule has 1 saturated heterocycles. The predicted octanol–water partition coefficient (Wildman–Crippen LogP) is 0.984. The number of nitrogens with zero attached hydrogens (tertiary/aromatic N) is 2.